The number of piperazine rings is 1. The fourth-order valence-corrected chi connectivity index (χ4v) is 5.21. The van der Waals surface area contributed by atoms with E-state index in [1.807, 2.05) is 18.7 Å². The third-order valence-corrected chi connectivity index (χ3v) is 7.49. The molecular weight excluding hydrogens is 354 g/mol. The zero-order valence-electron chi connectivity index (χ0n) is 16.3. The molecule has 1 saturated carbocycles. The number of hydrogen-bond donors (Lipinski definition) is 1. The number of carbonyl (C=O) groups is 1. The summed E-state index contributed by atoms with van der Waals surface area (Å²) in [7, 11) is -3.32. The molecule has 0 aromatic rings. The normalized spacial score (nSPS) is 21.9. The van der Waals surface area contributed by atoms with Crippen molar-refractivity contribution < 1.29 is 17.9 Å². The van der Waals surface area contributed by atoms with Crippen LogP contribution < -0.4 is 5.73 Å². The van der Waals surface area contributed by atoms with Crippen LogP contribution in [0, 0.1) is 5.41 Å². The van der Waals surface area contributed by atoms with Crippen molar-refractivity contribution in [2.45, 2.75) is 58.5 Å². The summed E-state index contributed by atoms with van der Waals surface area (Å²) in [6, 6.07) is 0. The molecule has 1 saturated heterocycles. The van der Waals surface area contributed by atoms with Crippen LogP contribution in [0.15, 0.2) is 0 Å². The zero-order valence-corrected chi connectivity index (χ0v) is 17.1. The van der Waals surface area contributed by atoms with Crippen molar-refractivity contribution in [1.29, 1.82) is 0 Å². The number of nitrogens with zero attached hydrogens (tertiary/aromatic N) is 2. The van der Waals surface area contributed by atoms with E-state index in [9.17, 15) is 13.2 Å². The molecule has 1 amide bonds. The summed E-state index contributed by atoms with van der Waals surface area (Å²) in [6.07, 6.45) is 6.10. The van der Waals surface area contributed by atoms with E-state index in [4.69, 9.17) is 10.5 Å². The van der Waals surface area contributed by atoms with E-state index < -0.39 is 10.0 Å². The van der Waals surface area contributed by atoms with Gasteiger partial charge in [0.1, 0.15) is 0 Å². The topological polar surface area (TPSA) is 92.9 Å². The van der Waals surface area contributed by atoms with Crippen molar-refractivity contribution in [1.82, 2.24) is 9.21 Å². The number of sulfonamides is 1. The number of carbonyl (C=O) groups excluding carboxylic acids is 1. The van der Waals surface area contributed by atoms with Crippen LogP contribution in [0.4, 0.5) is 0 Å². The van der Waals surface area contributed by atoms with Crippen molar-refractivity contribution in [3.63, 3.8) is 0 Å². The Bertz CT molecular complexity index is 551. The highest BCUT2D eigenvalue weighted by molar-refractivity contribution is 7.89. The predicted molar refractivity (Wildman–Crippen MR) is 102 cm³/mol. The highest BCUT2D eigenvalue weighted by Crippen LogP contribution is 2.38. The van der Waals surface area contributed by atoms with Gasteiger partial charge in [-0.3, -0.25) is 4.79 Å². The van der Waals surface area contributed by atoms with E-state index in [1.54, 1.807) is 0 Å². The van der Waals surface area contributed by atoms with Crippen molar-refractivity contribution in [2.75, 3.05) is 45.1 Å². The lowest BCUT2D eigenvalue weighted by Gasteiger charge is -2.39. The van der Waals surface area contributed by atoms with E-state index in [0.717, 1.165) is 25.7 Å². The largest absolute Gasteiger partial charge is 0.378 e. The fraction of sp³-hybridized carbons (Fsp3) is 0.944. The SMILES string of the molecule is CC(C)OCCS(=O)(=O)N1CCN(C(=O)CC2(CN)CCCCC2)CC1. The summed E-state index contributed by atoms with van der Waals surface area (Å²) in [4.78, 5) is 14.5. The molecule has 2 fully saturated rings. The van der Waals surface area contributed by atoms with Crippen molar-refractivity contribution in [2.24, 2.45) is 11.1 Å². The Morgan fingerprint density at radius 3 is 2.27 bits per heavy atom. The molecule has 0 radical (unpaired) electrons. The van der Waals surface area contributed by atoms with Crippen molar-refractivity contribution in [3.8, 4) is 0 Å². The average Bonchev–Trinajstić information content (AvgIpc) is 2.62. The van der Waals surface area contributed by atoms with Crippen LogP contribution in [0.3, 0.4) is 0 Å². The van der Waals surface area contributed by atoms with Gasteiger partial charge in [0.25, 0.3) is 0 Å². The number of nitrogens with two attached hydrogens (primary N) is 1. The molecule has 26 heavy (non-hydrogen) atoms. The Balaban J connectivity index is 1.82. The molecule has 0 aromatic heterocycles. The van der Waals surface area contributed by atoms with E-state index in [0.29, 0.717) is 39.1 Å². The van der Waals surface area contributed by atoms with Gasteiger partial charge in [-0.25, -0.2) is 8.42 Å². The van der Waals surface area contributed by atoms with Gasteiger partial charge in [-0.15, -0.1) is 0 Å². The quantitative estimate of drug-likeness (QED) is 0.673. The third-order valence-electron chi connectivity index (χ3n) is 5.65. The van der Waals surface area contributed by atoms with Gasteiger partial charge >= 0.3 is 0 Å². The first-order chi connectivity index (χ1) is 12.3. The first-order valence-electron chi connectivity index (χ1n) is 9.85. The molecule has 0 atom stereocenters. The van der Waals surface area contributed by atoms with Gasteiger partial charge in [-0.2, -0.15) is 4.31 Å². The van der Waals surface area contributed by atoms with Gasteiger partial charge in [0, 0.05) is 32.6 Å². The number of hydrogen-bond acceptors (Lipinski definition) is 5. The Kier molecular flexibility index (Phi) is 7.88. The molecule has 152 valence electrons. The highest BCUT2D eigenvalue weighted by Gasteiger charge is 2.36. The first kappa shape index (κ1) is 21.6. The van der Waals surface area contributed by atoms with Gasteiger partial charge < -0.3 is 15.4 Å². The molecule has 0 aromatic carbocycles. The second-order valence-electron chi connectivity index (χ2n) is 7.96. The van der Waals surface area contributed by atoms with Crippen LogP contribution in [-0.2, 0) is 19.6 Å². The van der Waals surface area contributed by atoms with E-state index in [-0.39, 0.29) is 29.8 Å². The molecule has 7 nitrogen and oxygen atoms in total. The lowest BCUT2D eigenvalue weighted by Crippen LogP contribution is -2.52. The lowest BCUT2D eigenvalue weighted by molar-refractivity contribution is -0.135. The van der Waals surface area contributed by atoms with E-state index in [2.05, 4.69) is 0 Å². The molecule has 1 aliphatic carbocycles. The predicted octanol–water partition coefficient (Wildman–Crippen LogP) is 1.18. The monoisotopic (exact) mass is 389 g/mol. The van der Waals surface area contributed by atoms with Crippen LogP contribution in [-0.4, -0.2) is 74.7 Å². The summed E-state index contributed by atoms with van der Waals surface area (Å²) >= 11 is 0. The summed E-state index contributed by atoms with van der Waals surface area (Å²) in [6.45, 7) is 6.19. The van der Waals surface area contributed by atoms with Gasteiger partial charge in [0.2, 0.25) is 15.9 Å². The fourth-order valence-electron chi connectivity index (χ4n) is 3.92. The van der Waals surface area contributed by atoms with Gasteiger partial charge in [0.05, 0.1) is 18.5 Å². The minimum absolute atomic E-state index is 0.00455. The maximum atomic E-state index is 12.7. The zero-order chi connectivity index (χ0) is 19.2. The van der Waals surface area contributed by atoms with Crippen molar-refractivity contribution in [3.05, 3.63) is 0 Å². The first-order valence-corrected chi connectivity index (χ1v) is 11.5. The maximum absolute atomic E-state index is 12.7. The minimum Gasteiger partial charge on any atom is -0.378 e. The van der Waals surface area contributed by atoms with Gasteiger partial charge in [0.15, 0.2) is 0 Å². The summed E-state index contributed by atoms with van der Waals surface area (Å²) < 4.78 is 31.6. The smallest absolute Gasteiger partial charge is 0.223 e. The number of rotatable bonds is 8. The third kappa shape index (κ3) is 5.90. The summed E-state index contributed by atoms with van der Waals surface area (Å²) in [5.74, 6) is 0.118. The molecule has 0 spiro atoms. The Hall–Kier alpha value is -0.700. The second kappa shape index (κ2) is 9.48. The standard InChI is InChI=1S/C18H35N3O4S/c1-16(2)25-12-13-26(23,24)21-10-8-20(9-11-21)17(22)14-18(15-19)6-4-3-5-7-18/h16H,3-15,19H2,1-2H3. The molecule has 0 unspecified atom stereocenters. The maximum Gasteiger partial charge on any atom is 0.223 e. The Labute approximate surface area is 158 Å². The second-order valence-corrected chi connectivity index (χ2v) is 10.0. The number of ether oxygens (including phenoxy) is 1. The molecule has 2 N–H and O–H groups in total. The lowest BCUT2D eigenvalue weighted by atomic mass is 9.71. The van der Waals surface area contributed by atoms with E-state index >= 15 is 0 Å². The van der Waals surface area contributed by atoms with Crippen LogP contribution in [0.25, 0.3) is 0 Å². The Morgan fingerprint density at radius 2 is 1.73 bits per heavy atom. The van der Waals surface area contributed by atoms with Gasteiger partial charge in [-0.05, 0) is 38.6 Å². The molecule has 0 bridgehead atoms. The van der Waals surface area contributed by atoms with E-state index in [1.165, 1.54) is 10.7 Å². The van der Waals surface area contributed by atoms with Crippen molar-refractivity contribution >= 4 is 15.9 Å². The van der Waals surface area contributed by atoms with Crippen LogP contribution in [0.2, 0.25) is 0 Å². The summed E-state index contributed by atoms with van der Waals surface area (Å²) in [5.41, 5.74) is 5.94. The molecular formula is C18H35N3O4S. The Morgan fingerprint density at radius 1 is 1.12 bits per heavy atom. The van der Waals surface area contributed by atoms with Crippen LogP contribution in [0.5, 0.6) is 0 Å². The highest BCUT2D eigenvalue weighted by atomic mass is 32.2. The van der Waals surface area contributed by atoms with Crippen LogP contribution >= 0.6 is 0 Å². The summed E-state index contributed by atoms with van der Waals surface area (Å²) in [5, 5.41) is 0. The minimum atomic E-state index is -3.32. The number of amides is 1. The molecule has 1 aliphatic heterocycles. The molecule has 2 aliphatic rings. The molecule has 8 heteroatoms. The molecule has 2 rings (SSSR count). The molecule has 1 heterocycles. The van der Waals surface area contributed by atoms with Gasteiger partial charge in [-0.1, -0.05) is 19.3 Å². The average molecular weight is 390 g/mol. The van der Waals surface area contributed by atoms with Crippen LogP contribution in [0.1, 0.15) is 52.4 Å².